The van der Waals surface area contributed by atoms with Crippen LogP contribution in [0, 0.1) is 0 Å². The van der Waals surface area contributed by atoms with E-state index in [2.05, 4.69) is 6.92 Å². The van der Waals surface area contributed by atoms with Crippen LogP contribution in [0.5, 0.6) is 0 Å². The summed E-state index contributed by atoms with van der Waals surface area (Å²) in [6.45, 7) is 4.61. The number of hydrogen-bond acceptors (Lipinski definition) is 3. The molecule has 0 saturated carbocycles. The largest absolute Gasteiger partial charge is 0.338 e. The van der Waals surface area contributed by atoms with E-state index in [1.807, 2.05) is 29.2 Å². The van der Waals surface area contributed by atoms with Crippen molar-refractivity contribution in [1.82, 2.24) is 4.90 Å². The molecule has 0 radical (unpaired) electrons. The molecule has 0 aromatic heterocycles. The lowest BCUT2D eigenvalue weighted by Crippen LogP contribution is -2.58. The van der Waals surface area contributed by atoms with Crippen LogP contribution in [-0.4, -0.2) is 41.1 Å². The average Bonchev–Trinajstić information content (AvgIpc) is 2.52. The summed E-state index contributed by atoms with van der Waals surface area (Å²) in [6, 6.07) is 7.99. The normalized spacial score (nSPS) is 28.5. The molecule has 3 rings (SSSR count). The minimum atomic E-state index is -1.06. The zero-order chi connectivity index (χ0) is 15.9. The van der Waals surface area contributed by atoms with Gasteiger partial charge in [-0.25, -0.2) is 0 Å². The van der Waals surface area contributed by atoms with Gasteiger partial charge in [-0.3, -0.25) is 9.59 Å². The standard InChI is InChI=1S/C17H22N2O2S/c1-12-8-6-7-11-19(12)16(21)17(2)15(20)18(3)13-9-4-5-10-14(13)22-17/h4-5,9-10,12H,6-8,11H2,1-3H3/t12-,17-/m0/s1. The SMILES string of the molecule is C[C@H]1CCCCN1C(=O)[C@@]1(C)Sc2ccccc2N(C)C1=O. The molecule has 5 heteroatoms. The van der Waals surface area contributed by atoms with Crippen LogP contribution in [0.15, 0.2) is 29.2 Å². The summed E-state index contributed by atoms with van der Waals surface area (Å²) in [6.07, 6.45) is 3.20. The molecular weight excluding hydrogens is 296 g/mol. The summed E-state index contributed by atoms with van der Waals surface area (Å²) in [5, 5.41) is 0. The fraction of sp³-hybridized carbons (Fsp3) is 0.529. The van der Waals surface area contributed by atoms with E-state index < -0.39 is 4.75 Å². The van der Waals surface area contributed by atoms with Gasteiger partial charge in [0, 0.05) is 24.5 Å². The maximum absolute atomic E-state index is 13.1. The molecular formula is C17H22N2O2S. The second kappa shape index (κ2) is 5.61. The van der Waals surface area contributed by atoms with Crippen molar-refractivity contribution in [2.75, 3.05) is 18.5 Å². The lowest BCUT2D eigenvalue weighted by atomic mass is 9.99. The first-order valence-electron chi connectivity index (χ1n) is 7.82. The van der Waals surface area contributed by atoms with Gasteiger partial charge in [0.05, 0.1) is 5.69 Å². The molecule has 2 amide bonds. The summed E-state index contributed by atoms with van der Waals surface area (Å²) in [5.74, 6) is -0.171. The molecule has 2 atom stereocenters. The molecule has 2 aliphatic rings. The maximum Gasteiger partial charge on any atom is 0.252 e. The van der Waals surface area contributed by atoms with Crippen LogP contribution in [-0.2, 0) is 9.59 Å². The molecule has 1 aromatic rings. The molecule has 22 heavy (non-hydrogen) atoms. The predicted octanol–water partition coefficient (Wildman–Crippen LogP) is 2.91. The summed E-state index contributed by atoms with van der Waals surface area (Å²) >= 11 is 1.39. The molecule has 0 unspecified atom stereocenters. The third-order valence-corrected chi connectivity index (χ3v) is 6.05. The summed E-state index contributed by atoms with van der Waals surface area (Å²) in [7, 11) is 1.76. The molecule has 2 aliphatic heterocycles. The molecule has 2 heterocycles. The van der Waals surface area contributed by atoms with Gasteiger partial charge < -0.3 is 9.80 Å². The number of carbonyl (C=O) groups is 2. The smallest absolute Gasteiger partial charge is 0.252 e. The quantitative estimate of drug-likeness (QED) is 0.748. The van der Waals surface area contributed by atoms with E-state index in [-0.39, 0.29) is 17.9 Å². The van der Waals surface area contributed by atoms with Crippen molar-refractivity contribution < 1.29 is 9.59 Å². The Morgan fingerprint density at radius 3 is 2.77 bits per heavy atom. The number of likely N-dealkylation sites (tertiary alicyclic amines) is 1. The first-order valence-corrected chi connectivity index (χ1v) is 8.64. The average molecular weight is 318 g/mol. The Balaban J connectivity index is 1.95. The molecule has 0 bridgehead atoms. The topological polar surface area (TPSA) is 40.6 Å². The highest BCUT2D eigenvalue weighted by molar-refractivity contribution is 8.02. The van der Waals surface area contributed by atoms with Gasteiger partial charge in [-0.2, -0.15) is 0 Å². The van der Waals surface area contributed by atoms with E-state index in [0.29, 0.717) is 0 Å². The van der Waals surface area contributed by atoms with Gasteiger partial charge in [0.25, 0.3) is 5.91 Å². The van der Waals surface area contributed by atoms with E-state index in [0.717, 1.165) is 36.4 Å². The van der Waals surface area contributed by atoms with E-state index in [4.69, 9.17) is 0 Å². The van der Waals surface area contributed by atoms with E-state index in [1.54, 1.807) is 18.9 Å². The van der Waals surface area contributed by atoms with Crippen LogP contribution in [0.25, 0.3) is 0 Å². The number of rotatable bonds is 1. The van der Waals surface area contributed by atoms with Crippen molar-refractivity contribution in [1.29, 1.82) is 0 Å². The molecule has 1 aromatic carbocycles. The zero-order valence-electron chi connectivity index (χ0n) is 13.3. The third-order valence-electron chi connectivity index (χ3n) is 4.73. The van der Waals surface area contributed by atoms with Crippen LogP contribution in [0.3, 0.4) is 0 Å². The van der Waals surface area contributed by atoms with Crippen molar-refractivity contribution in [2.45, 2.75) is 48.8 Å². The van der Waals surface area contributed by atoms with Gasteiger partial charge in [0.15, 0.2) is 4.75 Å². The van der Waals surface area contributed by atoms with Crippen molar-refractivity contribution >= 4 is 29.3 Å². The highest BCUT2D eigenvalue weighted by Gasteiger charge is 2.50. The minimum Gasteiger partial charge on any atom is -0.338 e. The van der Waals surface area contributed by atoms with Crippen LogP contribution in [0.1, 0.15) is 33.1 Å². The van der Waals surface area contributed by atoms with Crippen LogP contribution in [0.4, 0.5) is 5.69 Å². The van der Waals surface area contributed by atoms with Crippen molar-refractivity contribution in [3.8, 4) is 0 Å². The molecule has 1 saturated heterocycles. The summed E-state index contributed by atoms with van der Waals surface area (Å²) < 4.78 is -1.06. The summed E-state index contributed by atoms with van der Waals surface area (Å²) in [4.78, 5) is 30.5. The van der Waals surface area contributed by atoms with Crippen LogP contribution >= 0.6 is 11.8 Å². The first kappa shape index (κ1) is 15.4. The number of amides is 2. The number of nitrogens with zero attached hydrogens (tertiary/aromatic N) is 2. The number of anilines is 1. The Morgan fingerprint density at radius 1 is 1.32 bits per heavy atom. The van der Waals surface area contributed by atoms with Gasteiger partial charge in [0.1, 0.15) is 0 Å². The second-order valence-corrected chi connectivity index (χ2v) is 7.77. The molecule has 0 aliphatic carbocycles. The van der Waals surface area contributed by atoms with E-state index in [9.17, 15) is 9.59 Å². The highest BCUT2D eigenvalue weighted by Crippen LogP contribution is 2.46. The van der Waals surface area contributed by atoms with Crippen molar-refractivity contribution in [3.05, 3.63) is 24.3 Å². The lowest BCUT2D eigenvalue weighted by Gasteiger charge is -2.42. The fourth-order valence-electron chi connectivity index (χ4n) is 3.32. The maximum atomic E-state index is 13.1. The monoisotopic (exact) mass is 318 g/mol. The van der Waals surface area contributed by atoms with Gasteiger partial charge in [-0.15, -0.1) is 0 Å². The number of hydrogen-bond donors (Lipinski definition) is 0. The van der Waals surface area contributed by atoms with E-state index in [1.165, 1.54) is 11.8 Å². The third kappa shape index (κ3) is 2.32. The summed E-state index contributed by atoms with van der Waals surface area (Å²) in [5.41, 5.74) is 0.884. The number of thioether (sulfide) groups is 1. The number of piperidine rings is 1. The van der Waals surface area contributed by atoms with Gasteiger partial charge >= 0.3 is 0 Å². The predicted molar refractivity (Wildman–Crippen MR) is 89.1 cm³/mol. The molecule has 118 valence electrons. The highest BCUT2D eigenvalue weighted by atomic mass is 32.2. The Hall–Kier alpha value is -1.49. The lowest BCUT2D eigenvalue weighted by molar-refractivity contribution is -0.141. The van der Waals surface area contributed by atoms with Crippen LogP contribution in [0.2, 0.25) is 0 Å². The van der Waals surface area contributed by atoms with E-state index >= 15 is 0 Å². The Bertz CT molecular complexity index is 618. The molecule has 0 spiro atoms. The van der Waals surface area contributed by atoms with Crippen molar-refractivity contribution in [2.24, 2.45) is 0 Å². The number of para-hydroxylation sites is 1. The Labute approximate surface area is 135 Å². The Morgan fingerprint density at radius 2 is 2.05 bits per heavy atom. The van der Waals surface area contributed by atoms with Gasteiger partial charge in [0.2, 0.25) is 5.91 Å². The fourth-order valence-corrected chi connectivity index (χ4v) is 4.65. The van der Waals surface area contributed by atoms with Crippen LogP contribution < -0.4 is 4.90 Å². The minimum absolute atomic E-state index is 0.0453. The zero-order valence-corrected chi connectivity index (χ0v) is 14.2. The second-order valence-electron chi connectivity index (χ2n) is 6.31. The van der Waals surface area contributed by atoms with Gasteiger partial charge in [-0.05, 0) is 45.2 Å². The molecule has 1 fully saturated rings. The van der Waals surface area contributed by atoms with Crippen molar-refractivity contribution in [3.63, 3.8) is 0 Å². The Kier molecular flexibility index (Phi) is 3.93. The first-order chi connectivity index (χ1) is 10.4. The number of carbonyl (C=O) groups excluding carboxylic acids is 2. The number of fused-ring (bicyclic) bond motifs is 1. The molecule has 4 nitrogen and oxygen atoms in total. The van der Waals surface area contributed by atoms with Gasteiger partial charge in [-0.1, -0.05) is 23.9 Å². The number of benzene rings is 1. The molecule has 0 N–H and O–H groups in total.